The molecule has 11 rings (SSSR count). The molecule has 1 atom stereocenters. The van der Waals surface area contributed by atoms with Gasteiger partial charge in [-0.15, -0.1) is 11.3 Å². The lowest BCUT2D eigenvalue weighted by molar-refractivity contribution is 0.714. The molecule has 0 amide bonds. The lowest BCUT2D eigenvalue weighted by Crippen LogP contribution is -2.22. The van der Waals surface area contributed by atoms with Crippen LogP contribution in [0, 0.1) is 0 Å². The monoisotopic (exact) mass is 744 g/mol. The Hall–Kier alpha value is -6.94. The van der Waals surface area contributed by atoms with Crippen molar-refractivity contribution in [2.45, 2.75) is 12.3 Å². The summed E-state index contributed by atoms with van der Waals surface area (Å²) in [6, 6.07) is 72.2. The summed E-state index contributed by atoms with van der Waals surface area (Å²) in [5.74, 6) is 0.711. The van der Waals surface area contributed by atoms with Crippen molar-refractivity contribution >= 4 is 31.5 Å². The van der Waals surface area contributed by atoms with Crippen LogP contribution in [-0.4, -0.2) is 9.97 Å². The number of rotatable bonds is 6. The zero-order chi connectivity index (χ0) is 37.9. The second-order valence-electron chi connectivity index (χ2n) is 15.1. The van der Waals surface area contributed by atoms with E-state index in [2.05, 4.69) is 201 Å². The van der Waals surface area contributed by atoms with Gasteiger partial charge in [-0.05, 0) is 87.3 Å². The van der Waals surface area contributed by atoms with Gasteiger partial charge in [0.25, 0.3) is 0 Å². The van der Waals surface area contributed by atoms with Crippen LogP contribution in [0.5, 0.6) is 0 Å². The van der Waals surface area contributed by atoms with Crippen molar-refractivity contribution in [3.8, 4) is 67.3 Å². The van der Waals surface area contributed by atoms with Crippen molar-refractivity contribution in [1.29, 1.82) is 0 Å². The largest absolute Gasteiger partial charge is 0.228 e. The van der Waals surface area contributed by atoms with E-state index in [0.717, 1.165) is 28.1 Å². The number of fused-ring (bicyclic) bond motifs is 6. The van der Waals surface area contributed by atoms with Gasteiger partial charge in [-0.25, -0.2) is 9.97 Å². The summed E-state index contributed by atoms with van der Waals surface area (Å²) in [5.41, 5.74) is 15.9. The molecule has 0 aliphatic heterocycles. The summed E-state index contributed by atoms with van der Waals surface area (Å²) in [7, 11) is 0. The molecule has 1 aliphatic rings. The zero-order valence-corrected chi connectivity index (χ0v) is 32.2. The molecular formula is C54H36N2S. The molecule has 1 aliphatic carbocycles. The number of hydrogen-bond acceptors (Lipinski definition) is 3. The lowest BCUT2D eigenvalue weighted by atomic mass is 9.73. The van der Waals surface area contributed by atoms with Crippen molar-refractivity contribution in [2.24, 2.45) is 0 Å². The highest BCUT2D eigenvalue weighted by molar-refractivity contribution is 7.25. The van der Waals surface area contributed by atoms with Crippen LogP contribution < -0.4 is 0 Å². The Morgan fingerprint density at radius 2 is 1.00 bits per heavy atom. The molecule has 0 saturated carbocycles. The minimum atomic E-state index is -0.362. The lowest BCUT2D eigenvalue weighted by Gasteiger charge is -2.28. The van der Waals surface area contributed by atoms with Crippen LogP contribution in [0.2, 0.25) is 0 Å². The highest BCUT2D eigenvalue weighted by Crippen LogP contribution is 2.55. The molecule has 8 aromatic carbocycles. The molecule has 57 heavy (non-hydrogen) atoms. The maximum absolute atomic E-state index is 5.26. The summed E-state index contributed by atoms with van der Waals surface area (Å²) in [4.78, 5) is 10.4. The molecule has 1 unspecified atom stereocenters. The molecule has 10 aromatic rings. The molecule has 2 aromatic heterocycles. The van der Waals surface area contributed by atoms with Crippen molar-refractivity contribution in [3.63, 3.8) is 0 Å². The highest BCUT2D eigenvalue weighted by atomic mass is 32.1. The zero-order valence-electron chi connectivity index (χ0n) is 31.4. The fourth-order valence-electron chi connectivity index (χ4n) is 8.88. The number of hydrogen-bond donors (Lipinski definition) is 0. The SMILES string of the molecule is CC1(c2ccccc2)c2cc(-c3cc(-c4ccc(-c5ccc6sc7ccccc7c6c5)cc4)nc(-c4ccccc4)n3)ccc2-c2c(-c3ccccc3)cccc21. The fourth-order valence-corrected chi connectivity index (χ4v) is 9.97. The van der Waals surface area contributed by atoms with Gasteiger partial charge in [0.1, 0.15) is 0 Å². The van der Waals surface area contributed by atoms with E-state index in [1.165, 1.54) is 70.2 Å². The van der Waals surface area contributed by atoms with Crippen LogP contribution in [-0.2, 0) is 5.41 Å². The van der Waals surface area contributed by atoms with E-state index >= 15 is 0 Å². The fraction of sp³-hybridized carbons (Fsp3) is 0.0370. The number of benzene rings is 8. The first-order valence-electron chi connectivity index (χ1n) is 19.5. The molecule has 268 valence electrons. The Morgan fingerprint density at radius 3 is 1.77 bits per heavy atom. The van der Waals surface area contributed by atoms with Crippen LogP contribution in [0.25, 0.3) is 87.5 Å². The quantitative estimate of drug-likeness (QED) is 0.169. The second-order valence-corrected chi connectivity index (χ2v) is 16.1. The maximum Gasteiger partial charge on any atom is 0.160 e. The van der Waals surface area contributed by atoms with E-state index in [-0.39, 0.29) is 5.41 Å². The summed E-state index contributed by atoms with van der Waals surface area (Å²) < 4.78 is 2.64. The summed E-state index contributed by atoms with van der Waals surface area (Å²) in [6.45, 7) is 2.38. The number of thiophene rings is 1. The van der Waals surface area contributed by atoms with Gasteiger partial charge in [-0.1, -0.05) is 170 Å². The van der Waals surface area contributed by atoms with Crippen molar-refractivity contribution in [1.82, 2.24) is 9.97 Å². The third-order valence-corrected chi connectivity index (χ3v) is 13.0. The smallest absolute Gasteiger partial charge is 0.160 e. The molecular weight excluding hydrogens is 709 g/mol. The van der Waals surface area contributed by atoms with E-state index in [4.69, 9.17) is 9.97 Å². The van der Waals surface area contributed by atoms with Crippen LogP contribution in [0.15, 0.2) is 200 Å². The van der Waals surface area contributed by atoms with E-state index in [9.17, 15) is 0 Å². The summed E-state index contributed by atoms with van der Waals surface area (Å²) in [6.07, 6.45) is 0. The predicted octanol–water partition coefficient (Wildman–Crippen LogP) is 14.5. The van der Waals surface area contributed by atoms with Crippen LogP contribution >= 0.6 is 11.3 Å². The second kappa shape index (κ2) is 13.4. The van der Waals surface area contributed by atoms with Crippen LogP contribution in [0.4, 0.5) is 0 Å². The molecule has 2 nitrogen and oxygen atoms in total. The first-order valence-corrected chi connectivity index (χ1v) is 20.3. The van der Waals surface area contributed by atoms with Crippen molar-refractivity contribution in [2.75, 3.05) is 0 Å². The summed E-state index contributed by atoms with van der Waals surface area (Å²) >= 11 is 1.85. The van der Waals surface area contributed by atoms with Gasteiger partial charge >= 0.3 is 0 Å². The molecule has 0 spiro atoms. The van der Waals surface area contributed by atoms with Gasteiger partial charge in [-0.2, -0.15) is 0 Å². The Morgan fingerprint density at radius 1 is 0.386 bits per heavy atom. The number of nitrogens with zero attached hydrogens (tertiary/aromatic N) is 2. The van der Waals surface area contributed by atoms with E-state index in [0.29, 0.717) is 5.82 Å². The molecule has 0 saturated heterocycles. The van der Waals surface area contributed by atoms with E-state index < -0.39 is 0 Å². The molecule has 3 heteroatoms. The predicted molar refractivity (Wildman–Crippen MR) is 240 cm³/mol. The molecule has 0 radical (unpaired) electrons. The van der Waals surface area contributed by atoms with Gasteiger partial charge < -0.3 is 0 Å². The standard InChI is InChI=1S/C54H36N2S/c1-54(41-18-9-4-10-19-41)46-22-13-21-42(36-14-5-2-6-15-36)52(46)44-30-28-40(33-47(44)54)49-34-48(55-53(56-49)38-16-7-3-8-17-38)37-26-24-35(25-27-37)39-29-31-51-45(32-39)43-20-11-12-23-50(43)57-51/h2-34H,1H3. The Bertz CT molecular complexity index is 3110. The average Bonchev–Trinajstić information content (AvgIpc) is 3.79. The van der Waals surface area contributed by atoms with Gasteiger partial charge in [0, 0.05) is 42.3 Å². The molecule has 0 N–H and O–H groups in total. The Labute approximate surface area is 336 Å². The first kappa shape index (κ1) is 33.4. The normalized spacial score (nSPS) is 14.5. The van der Waals surface area contributed by atoms with Crippen molar-refractivity contribution in [3.05, 3.63) is 217 Å². The average molecular weight is 745 g/mol. The Kier molecular flexibility index (Phi) is 7.84. The number of aromatic nitrogens is 2. The molecule has 0 fully saturated rings. The van der Waals surface area contributed by atoms with Crippen molar-refractivity contribution < 1.29 is 0 Å². The highest BCUT2D eigenvalue weighted by Gasteiger charge is 2.42. The minimum Gasteiger partial charge on any atom is -0.228 e. The van der Waals surface area contributed by atoms with Gasteiger partial charge in [-0.3, -0.25) is 0 Å². The third kappa shape index (κ3) is 5.54. The molecule has 0 bridgehead atoms. The third-order valence-electron chi connectivity index (χ3n) is 11.8. The topological polar surface area (TPSA) is 25.8 Å². The van der Waals surface area contributed by atoms with E-state index in [1.54, 1.807) is 0 Å². The van der Waals surface area contributed by atoms with E-state index in [1.807, 2.05) is 17.4 Å². The summed E-state index contributed by atoms with van der Waals surface area (Å²) in [5, 5.41) is 2.62. The van der Waals surface area contributed by atoms with Gasteiger partial charge in [0.15, 0.2) is 5.82 Å². The maximum atomic E-state index is 5.26. The Balaban J connectivity index is 1.04. The molecule has 2 heterocycles. The van der Waals surface area contributed by atoms with Gasteiger partial charge in [0.05, 0.1) is 11.4 Å². The minimum absolute atomic E-state index is 0.362. The van der Waals surface area contributed by atoms with Crippen LogP contribution in [0.1, 0.15) is 23.6 Å². The van der Waals surface area contributed by atoms with Gasteiger partial charge in [0.2, 0.25) is 0 Å². The van der Waals surface area contributed by atoms with Crippen LogP contribution in [0.3, 0.4) is 0 Å². The first-order chi connectivity index (χ1) is 28.1.